The number of amides is 2. The SMILES string of the molecule is N#Cc1ccc2c(c1)CC(NC(=O)NC1CCC(Nc3nccc(Nc4cc(C5CCOC5)[nH]n4)n3)CC1)C2. The second-order valence-corrected chi connectivity index (χ2v) is 10.7. The Morgan fingerprint density at radius 2 is 1.79 bits per heavy atom. The number of rotatable bonds is 7. The molecule has 2 unspecified atom stereocenters. The maximum absolute atomic E-state index is 12.6. The lowest BCUT2D eigenvalue weighted by Gasteiger charge is -2.30. The average molecular weight is 528 g/mol. The van der Waals surface area contributed by atoms with E-state index >= 15 is 0 Å². The van der Waals surface area contributed by atoms with E-state index in [4.69, 9.17) is 10.00 Å². The number of aromatic nitrogens is 4. The molecule has 1 saturated carbocycles. The zero-order valence-electron chi connectivity index (χ0n) is 21.7. The molecule has 2 fully saturated rings. The van der Waals surface area contributed by atoms with Gasteiger partial charge in [-0.2, -0.15) is 15.3 Å². The third-order valence-corrected chi connectivity index (χ3v) is 7.88. The number of hydrogen-bond acceptors (Lipinski definition) is 8. The molecule has 5 N–H and O–H groups in total. The van der Waals surface area contributed by atoms with E-state index in [0.717, 1.165) is 75.2 Å². The van der Waals surface area contributed by atoms with Gasteiger partial charge < -0.3 is 26.0 Å². The summed E-state index contributed by atoms with van der Waals surface area (Å²) in [5.41, 5.74) is 4.10. The number of H-pyrrole nitrogens is 1. The number of carbonyl (C=O) groups is 1. The van der Waals surface area contributed by atoms with Crippen LogP contribution < -0.4 is 21.3 Å². The summed E-state index contributed by atoms with van der Waals surface area (Å²) >= 11 is 0. The third-order valence-electron chi connectivity index (χ3n) is 7.88. The van der Waals surface area contributed by atoms with E-state index in [0.29, 0.717) is 23.2 Å². The number of fused-ring (bicyclic) bond motifs is 1. The van der Waals surface area contributed by atoms with Gasteiger partial charge in [0.15, 0.2) is 5.82 Å². The fourth-order valence-electron chi connectivity index (χ4n) is 5.79. The van der Waals surface area contributed by atoms with Crippen LogP contribution in [-0.2, 0) is 17.6 Å². The van der Waals surface area contributed by atoms with Crippen molar-refractivity contribution in [3.63, 3.8) is 0 Å². The summed E-state index contributed by atoms with van der Waals surface area (Å²) in [5, 5.41) is 29.5. The molecular weight excluding hydrogens is 494 g/mol. The lowest BCUT2D eigenvalue weighted by atomic mass is 9.91. The molecule has 3 heterocycles. The summed E-state index contributed by atoms with van der Waals surface area (Å²) in [6, 6.07) is 12.1. The lowest BCUT2D eigenvalue weighted by molar-refractivity contribution is 0.193. The number of nitriles is 1. The van der Waals surface area contributed by atoms with Crippen molar-refractivity contribution in [3.8, 4) is 6.07 Å². The summed E-state index contributed by atoms with van der Waals surface area (Å²) in [6.45, 7) is 1.52. The van der Waals surface area contributed by atoms with E-state index in [9.17, 15) is 4.79 Å². The fourth-order valence-corrected chi connectivity index (χ4v) is 5.79. The van der Waals surface area contributed by atoms with Crippen molar-refractivity contribution in [2.45, 2.75) is 69.0 Å². The summed E-state index contributed by atoms with van der Waals surface area (Å²) in [7, 11) is 0. The molecule has 3 aromatic rings. The van der Waals surface area contributed by atoms with Gasteiger partial charge in [-0.05, 0) is 74.3 Å². The van der Waals surface area contributed by atoms with Crippen LogP contribution in [-0.4, -0.2) is 57.5 Å². The number of nitrogens with zero attached hydrogens (tertiary/aromatic N) is 4. The van der Waals surface area contributed by atoms with Crippen molar-refractivity contribution in [1.29, 1.82) is 5.26 Å². The van der Waals surface area contributed by atoms with Crippen LogP contribution in [0.2, 0.25) is 0 Å². The minimum Gasteiger partial charge on any atom is -0.381 e. The van der Waals surface area contributed by atoms with Crippen molar-refractivity contribution < 1.29 is 9.53 Å². The third kappa shape index (κ3) is 6.12. The zero-order valence-corrected chi connectivity index (χ0v) is 21.7. The number of anilines is 3. The Balaban J connectivity index is 0.941. The number of ether oxygens (including phenoxy) is 1. The number of benzene rings is 1. The number of aromatic amines is 1. The first-order chi connectivity index (χ1) is 19.1. The van der Waals surface area contributed by atoms with Gasteiger partial charge in [0.05, 0.1) is 18.2 Å². The van der Waals surface area contributed by atoms with Crippen LogP contribution in [0.15, 0.2) is 36.5 Å². The Kier molecular flexibility index (Phi) is 7.27. The minimum atomic E-state index is -0.117. The molecule has 11 nitrogen and oxygen atoms in total. The number of carbonyl (C=O) groups excluding carboxylic acids is 1. The van der Waals surface area contributed by atoms with Gasteiger partial charge in [0.1, 0.15) is 5.82 Å². The molecule has 0 spiro atoms. The predicted molar refractivity (Wildman–Crippen MR) is 146 cm³/mol. The van der Waals surface area contributed by atoms with Gasteiger partial charge >= 0.3 is 6.03 Å². The Hall–Kier alpha value is -4.17. The van der Waals surface area contributed by atoms with Gasteiger partial charge in [-0.3, -0.25) is 5.10 Å². The molecular formula is C28H33N9O2. The maximum atomic E-state index is 12.6. The number of urea groups is 1. The van der Waals surface area contributed by atoms with Crippen molar-refractivity contribution in [2.24, 2.45) is 0 Å². The highest BCUT2D eigenvalue weighted by Gasteiger charge is 2.26. The zero-order chi connectivity index (χ0) is 26.6. The van der Waals surface area contributed by atoms with Crippen molar-refractivity contribution >= 4 is 23.6 Å². The Morgan fingerprint density at radius 3 is 2.62 bits per heavy atom. The molecule has 0 radical (unpaired) electrons. The molecule has 3 aliphatic rings. The molecule has 39 heavy (non-hydrogen) atoms. The second-order valence-electron chi connectivity index (χ2n) is 10.7. The van der Waals surface area contributed by atoms with Crippen LogP contribution in [0.1, 0.15) is 60.4 Å². The highest BCUT2D eigenvalue weighted by atomic mass is 16.5. The van der Waals surface area contributed by atoms with Gasteiger partial charge in [-0.15, -0.1) is 0 Å². The molecule has 2 amide bonds. The highest BCUT2D eigenvalue weighted by Crippen LogP contribution is 2.27. The topological polar surface area (TPSA) is 153 Å². The average Bonchev–Trinajstić information content (AvgIpc) is 3.70. The first-order valence-electron chi connectivity index (χ1n) is 13.7. The molecule has 202 valence electrons. The first kappa shape index (κ1) is 25.1. The van der Waals surface area contributed by atoms with E-state index in [-0.39, 0.29) is 24.2 Å². The van der Waals surface area contributed by atoms with Gasteiger partial charge in [0, 0.05) is 48.6 Å². The van der Waals surface area contributed by atoms with Crippen LogP contribution in [0, 0.1) is 11.3 Å². The molecule has 2 aliphatic carbocycles. The molecule has 11 heteroatoms. The smallest absolute Gasteiger partial charge is 0.315 e. The van der Waals surface area contributed by atoms with Crippen molar-refractivity contribution in [2.75, 3.05) is 23.8 Å². The van der Waals surface area contributed by atoms with Gasteiger partial charge in [0.2, 0.25) is 5.95 Å². The monoisotopic (exact) mass is 527 g/mol. The molecule has 1 aromatic carbocycles. The van der Waals surface area contributed by atoms with E-state index in [1.807, 2.05) is 30.3 Å². The molecule has 0 bridgehead atoms. The molecule has 2 aromatic heterocycles. The Morgan fingerprint density at radius 1 is 0.974 bits per heavy atom. The summed E-state index contributed by atoms with van der Waals surface area (Å²) in [6.07, 6.45) is 7.92. The summed E-state index contributed by atoms with van der Waals surface area (Å²) in [4.78, 5) is 21.7. The standard InChI is InChI=1S/C28H33N9O2/c29-15-17-1-2-18-12-23(13-20(18)11-17)33-28(38)32-22-5-3-21(4-6-22)31-27-30-9-7-25(35-27)34-26-14-24(36-37-26)19-8-10-39-16-19/h1-2,7,9,11,14,19,21-23H,3-6,8,10,12-13,16H2,(H2,32,33,38)(H3,30,31,34,35,36,37). The van der Waals surface area contributed by atoms with Crippen molar-refractivity contribution in [1.82, 2.24) is 30.8 Å². The van der Waals surface area contributed by atoms with Gasteiger partial charge in [0.25, 0.3) is 0 Å². The minimum absolute atomic E-state index is 0.0646. The Labute approximate surface area is 227 Å². The van der Waals surface area contributed by atoms with Gasteiger partial charge in [-0.25, -0.2) is 9.78 Å². The number of nitrogens with one attached hydrogen (secondary N) is 5. The molecule has 2 atom stereocenters. The molecule has 1 aliphatic heterocycles. The molecule has 6 rings (SSSR count). The van der Waals surface area contributed by atoms with Crippen LogP contribution in [0.25, 0.3) is 0 Å². The Bertz CT molecular complexity index is 1350. The largest absolute Gasteiger partial charge is 0.381 e. The first-order valence-corrected chi connectivity index (χ1v) is 13.7. The second kappa shape index (κ2) is 11.3. The van der Waals surface area contributed by atoms with E-state index in [2.05, 4.69) is 47.5 Å². The van der Waals surface area contributed by atoms with Gasteiger partial charge in [-0.1, -0.05) is 6.07 Å². The van der Waals surface area contributed by atoms with Crippen LogP contribution >= 0.6 is 0 Å². The normalized spacial score (nSPS) is 24.0. The van der Waals surface area contributed by atoms with E-state index in [1.165, 1.54) is 5.56 Å². The maximum Gasteiger partial charge on any atom is 0.315 e. The fraction of sp³-hybridized carbons (Fsp3) is 0.464. The van der Waals surface area contributed by atoms with E-state index in [1.54, 1.807) is 6.20 Å². The van der Waals surface area contributed by atoms with Crippen LogP contribution in [0.3, 0.4) is 0 Å². The van der Waals surface area contributed by atoms with E-state index < -0.39 is 0 Å². The van der Waals surface area contributed by atoms with Crippen LogP contribution in [0.4, 0.5) is 22.4 Å². The molecule has 1 saturated heterocycles. The summed E-state index contributed by atoms with van der Waals surface area (Å²) < 4.78 is 5.47. The summed E-state index contributed by atoms with van der Waals surface area (Å²) in [5.74, 6) is 2.34. The highest BCUT2D eigenvalue weighted by molar-refractivity contribution is 5.75. The number of hydrogen-bond donors (Lipinski definition) is 5. The lowest BCUT2D eigenvalue weighted by Crippen LogP contribution is -2.48. The van der Waals surface area contributed by atoms with Crippen molar-refractivity contribution in [3.05, 3.63) is 58.9 Å². The quantitative estimate of drug-likeness (QED) is 0.313. The van der Waals surface area contributed by atoms with Crippen LogP contribution in [0.5, 0.6) is 0 Å². The predicted octanol–water partition coefficient (Wildman–Crippen LogP) is 3.51.